The maximum Gasteiger partial charge on any atom is 0.128 e. The molecule has 2 rings (SSSR count). The van der Waals surface area contributed by atoms with Gasteiger partial charge in [0.1, 0.15) is 5.82 Å². The molecule has 1 aliphatic rings. The summed E-state index contributed by atoms with van der Waals surface area (Å²) in [6.07, 6.45) is 5.38. The lowest BCUT2D eigenvalue weighted by molar-refractivity contribution is 0.239. The van der Waals surface area contributed by atoms with Crippen LogP contribution >= 0.6 is 0 Å². The average Bonchev–Trinajstić information content (AvgIpc) is 2.30. The van der Waals surface area contributed by atoms with E-state index >= 15 is 0 Å². The Kier molecular flexibility index (Phi) is 3.21. The van der Waals surface area contributed by atoms with Gasteiger partial charge in [-0.25, -0.2) is 4.98 Å². The lowest BCUT2D eigenvalue weighted by atomic mass is 10.0. The van der Waals surface area contributed by atoms with Crippen molar-refractivity contribution in [3.8, 4) is 0 Å². The molecule has 0 aliphatic carbocycles. The minimum atomic E-state index is 0.232. The van der Waals surface area contributed by atoms with Gasteiger partial charge in [0.05, 0.1) is 12.6 Å². The summed E-state index contributed by atoms with van der Waals surface area (Å²) in [4.78, 5) is 6.64. The highest BCUT2D eigenvalue weighted by Gasteiger charge is 2.22. The van der Waals surface area contributed by atoms with Crippen LogP contribution < -0.4 is 4.90 Å². The van der Waals surface area contributed by atoms with Crippen LogP contribution in [0.5, 0.6) is 0 Å². The highest BCUT2D eigenvalue weighted by atomic mass is 16.3. The van der Waals surface area contributed by atoms with Crippen LogP contribution in [-0.2, 0) is 0 Å². The van der Waals surface area contributed by atoms with Crippen LogP contribution in [-0.4, -0.2) is 29.3 Å². The lowest BCUT2D eigenvalue weighted by Crippen LogP contribution is -2.42. The van der Waals surface area contributed by atoms with Crippen LogP contribution in [0.2, 0.25) is 0 Å². The molecule has 0 spiro atoms. The number of aliphatic hydroxyl groups excluding tert-OH is 1. The Bertz CT molecular complexity index is 310. The third kappa shape index (κ3) is 2.29. The quantitative estimate of drug-likeness (QED) is 0.800. The smallest absolute Gasteiger partial charge is 0.128 e. The molecule has 2 heterocycles. The number of anilines is 1. The minimum absolute atomic E-state index is 0.232. The van der Waals surface area contributed by atoms with Crippen molar-refractivity contribution in [3.05, 3.63) is 23.9 Å². The molecule has 15 heavy (non-hydrogen) atoms. The molecular formula is C12H18N2O. The largest absolute Gasteiger partial charge is 0.394 e. The van der Waals surface area contributed by atoms with Crippen LogP contribution in [0.3, 0.4) is 0 Å². The monoisotopic (exact) mass is 206 g/mol. The molecule has 0 saturated carbocycles. The molecule has 3 nitrogen and oxygen atoms in total. The van der Waals surface area contributed by atoms with Crippen LogP contribution in [0, 0.1) is 6.92 Å². The van der Waals surface area contributed by atoms with Crippen molar-refractivity contribution in [2.24, 2.45) is 0 Å². The first-order chi connectivity index (χ1) is 7.31. The number of aromatic nitrogens is 1. The number of rotatable bonds is 2. The van der Waals surface area contributed by atoms with Crippen molar-refractivity contribution in [2.45, 2.75) is 32.2 Å². The molecule has 1 aromatic rings. The van der Waals surface area contributed by atoms with Crippen molar-refractivity contribution in [1.82, 2.24) is 4.98 Å². The molecule has 0 amide bonds. The molecule has 1 N–H and O–H groups in total. The molecule has 1 atom stereocenters. The molecule has 82 valence electrons. The fraction of sp³-hybridized carbons (Fsp3) is 0.583. The van der Waals surface area contributed by atoms with E-state index in [0.717, 1.165) is 18.8 Å². The normalized spacial score (nSPS) is 21.7. The van der Waals surface area contributed by atoms with Gasteiger partial charge in [-0.1, -0.05) is 6.07 Å². The number of pyridine rings is 1. The molecule has 3 heteroatoms. The number of aliphatic hydroxyl groups is 1. The van der Waals surface area contributed by atoms with Crippen molar-refractivity contribution in [1.29, 1.82) is 0 Å². The van der Waals surface area contributed by atoms with Crippen molar-refractivity contribution < 1.29 is 5.11 Å². The van der Waals surface area contributed by atoms with Gasteiger partial charge in [-0.15, -0.1) is 0 Å². The van der Waals surface area contributed by atoms with E-state index in [1.165, 1.54) is 18.4 Å². The van der Waals surface area contributed by atoms with Crippen LogP contribution in [0.15, 0.2) is 18.3 Å². The SMILES string of the molecule is Cc1ccc(N2CCCC[C@H]2CO)nc1. The number of nitrogens with zero attached hydrogens (tertiary/aromatic N) is 2. The number of hydrogen-bond donors (Lipinski definition) is 1. The summed E-state index contributed by atoms with van der Waals surface area (Å²) in [5.41, 5.74) is 1.18. The Morgan fingerprint density at radius 3 is 3.00 bits per heavy atom. The summed E-state index contributed by atoms with van der Waals surface area (Å²) >= 11 is 0. The first-order valence-corrected chi connectivity index (χ1v) is 5.61. The third-order valence-corrected chi connectivity index (χ3v) is 3.03. The second kappa shape index (κ2) is 4.62. The summed E-state index contributed by atoms with van der Waals surface area (Å²) in [5.74, 6) is 0.999. The van der Waals surface area contributed by atoms with Crippen LogP contribution in [0.1, 0.15) is 24.8 Å². The summed E-state index contributed by atoms with van der Waals surface area (Å²) < 4.78 is 0. The van der Waals surface area contributed by atoms with E-state index in [-0.39, 0.29) is 12.6 Å². The predicted octanol–water partition coefficient (Wildman–Crippen LogP) is 1.74. The standard InChI is InChI=1S/C12H18N2O/c1-10-5-6-12(13-8-10)14-7-3-2-4-11(14)9-15/h5-6,8,11,15H,2-4,7,9H2,1H3/t11-/m0/s1. The Hall–Kier alpha value is -1.09. The van der Waals surface area contributed by atoms with Gasteiger partial charge in [-0.3, -0.25) is 0 Å². The van der Waals surface area contributed by atoms with Crippen molar-refractivity contribution in [3.63, 3.8) is 0 Å². The van der Waals surface area contributed by atoms with Crippen molar-refractivity contribution >= 4 is 5.82 Å². The second-order valence-corrected chi connectivity index (χ2v) is 4.22. The Morgan fingerprint density at radius 2 is 2.33 bits per heavy atom. The van der Waals surface area contributed by atoms with E-state index in [2.05, 4.69) is 16.0 Å². The maximum absolute atomic E-state index is 9.31. The predicted molar refractivity (Wildman–Crippen MR) is 61.0 cm³/mol. The van der Waals surface area contributed by atoms with Crippen LogP contribution in [0.25, 0.3) is 0 Å². The fourth-order valence-electron chi connectivity index (χ4n) is 2.12. The highest BCUT2D eigenvalue weighted by molar-refractivity contribution is 5.41. The Balaban J connectivity index is 2.16. The van der Waals surface area contributed by atoms with E-state index in [1.54, 1.807) is 0 Å². The molecule has 1 aromatic heterocycles. The lowest BCUT2D eigenvalue weighted by Gasteiger charge is -2.35. The maximum atomic E-state index is 9.31. The first-order valence-electron chi connectivity index (χ1n) is 5.61. The molecular weight excluding hydrogens is 188 g/mol. The number of aryl methyl sites for hydroxylation is 1. The summed E-state index contributed by atoms with van der Waals surface area (Å²) in [5, 5.41) is 9.31. The van der Waals surface area contributed by atoms with Gasteiger partial charge < -0.3 is 10.0 Å². The van der Waals surface area contributed by atoms with E-state index in [1.807, 2.05) is 19.2 Å². The van der Waals surface area contributed by atoms with E-state index in [9.17, 15) is 5.11 Å². The zero-order chi connectivity index (χ0) is 10.7. The van der Waals surface area contributed by atoms with Gasteiger partial charge in [0, 0.05) is 12.7 Å². The topological polar surface area (TPSA) is 36.4 Å². The molecule has 1 saturated heterocycles. The van der Waals surface area contributed by atoms with Crippen molar-refractivity contribution in [2.75, 3.05) is 18.1 Å². The third-order valence-electron chi connectivity index (χ3n) is 3.03. The van der Waals surface area contributed by atoms with E-state index in [0.29, 0.717) is 0 Å². The number of hydrogen-bond acceptors (Lipinski definition) is 3. The summed E-state index contributed by atoms with van der Waals surface area (Å²) in [7, 11) is 0. The van der Waals surface area contributed by atoms with Gasteiger partial charge in [0.2, 0.25) is 0 Å². The first kappa shape index (κ1) is 10.4. The Labute approximate surface area is 90.8 Å². The Morgan fingerprint density at radius 1 is 1.47 bits per heavy atom. The van der Waals surface area contributed by atoms with Gasteiger partial charge in [-0.2, -0.15) is 0 Å². The molecule has 0 bridgehead atoms. The zero-order valence-electron chi connectivity index (χ0n) is 9.19. The number of piperidine rings is 1. The highest BCUT2D eigenvalue weighted by Crippen LogP contribution is 2.22. The van der Waals surface area contributed by atoms with Gasteiger partial charge in [-0.05, 0) is 37.8 Å². The van der Waals surface area contributed by atoms with Gasteiger partial charge in [0.25, 0.3) is 0 Å². The molecule has 0 radical (unpaired) electrons. The van der Waals surface area contributed by atoms with E-state index < -0.39 is 0 Å². The second-order valence-electron chi connectivity index (χ2n) is 4.22. The minimum Gasteiger partial charge on any atom is -0.394 e. The molecule has 0 aromatic carbocycles. The van der Waals surface area contributed by atoms with Gasteiger partial charge in [0.15, 0.2) is 0 Å². The fourth-order valence-corrected chi connectivity index (χ4v) is 2.12. The molecule has 0 unspecified atom stereocenters. The summed E-state index contributed by atoms with van der Waals surface area (Å²) in [6.45, 7) is 3.29. The zero-order valence-corrected chi connectivity index (χ0v) is 9.19. The van der Waals surface area contributed by atoms with Gasteiger partial charge >= 0.3 is 0 Å². The molecule has 1 fully saturated rings. The molecule has 1 aliphatic heterocycles. The van der Waals surface area contributed by atoms with E-state index in [4.69, 9.17) is 0 Å². The summed E-state index contributed by atoms with van der Waals surface area (Å²) in [6, 6.07) is 4.38. The average molecular weight is 206 g/mol. The van der Waals surface area contributed by atoms with Crippen LogP contribution in [0.4, 0.5) is 5.82 Å².